The lowest BCUT2D eigenvalue weighted by atomic mass is 9.68. The first-order valence-corrected chi connectivity index (χ1v) is 10.2. The van der Waals surface area contributed by atoms with Gasteiger partial charge in [-0.05, 0) is 44.5 Å². The van der Waals surface area contributed by atoms with Crippen LogP contribution in [0.2, 0.25) is 0 Å². The average molecular weight is 371 g/mol. The van der Waals surface area contributed by atoms with Crippen molar-refractivity contribution in [2.45, 2.75) is 19.3 Å². The topological polar surface area (TPSA) is 12.9 Å². The first kappa shape index (κ1) is 16.5. The van der Waals surface area contributed by atoms with Gasteiger partial charge in [0.1, 0.15) is 0 Å². The zero-order valence-corrected chi connectivity index (χ0v) is 16.6. The van der Waals surface area contributed by atoms with E-state index in [-0.39, 0.29) is 5.41 Å². The van der Waals surface area contributed by atoms with Gasteiger partial charge in [0.25, 0.3) is 0 Å². The van der Waals surface area contributed by atoms with Crippen molar-refractivity contribution in [1.29, 1.82) is 0 Å². The van der Waals surface area contributed by atoms with Crippen molar-refractivity contribution in [3.8, 4) is 22.4 Å². The second kappa shape index (κ2) is 5.78. The lowest BCUT2D eigenvalue weighted by molar-refractivity contribution is 0.648. The molecule has 1 heterocycles. The van der Waals surface area contributed by atoms with Gasteiger partial charge < -0.3 is 0 Å². The number of benzene rings is 4. The van der Waals surface area contributed by atoms with E-state index in [1.165, 1.54) is 49.4 Å². The molecule has 4 aromatic carbocycles. The molecule has 0 radical (unpaired) electrons. The van der Waals surface area contributed by atoms with Crippen LogP contribution in [-0.2, 0) is 5.41 Å². The first-order chi connectivity index (χ1) is 14.1. The van der Waals surface area contributed by atoms with Gasteiger partial charge in [0.15, 0.2) is 0 Å². The van der Waals surface area contributed by atoms with Crippen molar-refractivity contribution in [2.75, 3.05) is 0 Å². The van der Waals surface area contributed by atoms with Gasteiger partial charge >= 0.3 is 0 Å². The van der Waals surface area contributed by atoms with Crippen LogP contribution >= 0.6 is 0 Å². The number of aromatic nitrogens is 1. The van der Waals surface area contributed by atoms with E-state index in [0.717, 1.165) is 5.69 Å². The highest BCUT2D eigenvalue weighted by Gasteiger charge is 2.35. The molecule has 29 heavy (non-hydrogen) atoms. The zero-order chi connectivity index (χ0) is 19.6. The molecule has 1 aliphatic rings. The number of fused-ring (bicyclic) bond motifs is 4. The van der Waals surface area contributed by atoms with Gasteiger partial charge in [0.2, 0.25) is 0 Å². The minimum Gasteiger partial charge on any atom is -0.255 e. The van der Waals surface area contributed by atoms with E-state index in [4.69, 9.17) is 4.98 Å². The Morgan fingerprint density at radius 1 is 0.690 bits per heavy atom. The van der Waals surface area contributed by atoms with Gasteiger partial charge in [-0.15, -0.1) is 0 Å². The fraction of sp³-hybridized carbons (Fsp3) is 0.107. The van der Waals surface area contributed by atoms with Crippen LogP contribution in [-0.4, -0.2) is 4.98 Å². The molecule has 0 bridgehead atoms. The SMILES string of the molecule is CC1(C)c2c(ncc3ccc(-c4ccccc4)cc23)-c2cccc3cccc1c23. The van der Waals surface area contributed by atoms with Crippen LogP contribution < -0.4 is 0 Å². The smallest absolute Gasteiger partial charge is 0.0755 e. The van der Waals surface area contributed by atoms with Gasteiger partial charge in [-0.1, -0.05) is 92.7 Å². The molecule has 0 spiro atoms. The molecule has 0 saturated carbocycles. The zero-order valence-electron chi connectivity index (χ0n) is 16.6. The second-order valence-corrected chi connectivity index (χ2v) is 8.48. The average Bonchev–Trinajstić information content (AvgIpc) is 2.77. The van der Waals surface area contributed by atoms with Crippen molar-refractivity contribution < 1.29 is 0 Å². The number of rotatable bonds is 1. The highest BCUT2D eigenvalue weighted by molar-refractivity contribution is 6.06. The van der Waals surface area contributed by atoms with Crippen LogP contribution in [0.3, 0.4) is 0 Å². The highest BCUT2D eigenvalue weighted by atomic mass is 14.7. The molecule has 0 fully saturated rings. The Morgan fingerprint density at radius 3 is 2.31 bits per heavy atom. The van der Waals surface area contributed by atoms with Gasteiger partial charge in [-0.3, -0.25) is 4.98 Å². The standard InChI is InChI=1S/C28H21N/c1-28(2)24-13-7-11-19-10-6-12-22(25(19)24)27-26(28)23-16-20(14-15-21(23)17-29-27)18-8-4-3-5-9-18/h3-17H,1-2H3. The van der Waals surface area contributed by atoms with Crippen molar-refractivity contribution in [3.05, 3.63) is 102 Å². The molecule has 0 atom stereocenters. The van der Waals surface area contributed by atoms with E-state index < -0.39 is 0 Å². The summed E-state index contributed by atoms with van der Waals surface area (Å²) in [7, 11) is 0. The molecular weight excluding hydrogens is 350 g/mol. The third-order valence-corrected chi connectivity index (χ3v) is 6.46. The molecule has 5 aromatic rings. The largest absolute Gasteiger partial charge is 0.255 e. The lowest BCUT2D eigenvalue weighted by Crippen LogP contribution is -2.24. The molecule has 1 nitrogen and oxygen atoms in total. The van der Waals surface area contributed by atoms with Gasteiger partial charge in [-0.25, -0.2) is 0 Å². The van der Waals surface area contributed by atoms with E-state index in [2.05, 4.69) is 98.8 Å². The molecular formula is C28H21N. The minimum absolute atomic E-state index is 0.120. The second-order valence-electron chi connectivity index (χ2n) is 8.48. The fourth-order valence-corrected chi connectivity index (χ4v) is 5.05. The predicted octanol–water partition coefficient (Wildman–Crippen LogP) is 7.36. The first-order valence-electron chi connectivity index (χ1n) is 10.2. The molecule has 0 aliphatic heterocycles. The van der Waals surface area contributed by atoms with Crippen LogP contribution in [0, 0.1) is 0 Å². The summed E-state index contributed by atoms with van der Waals surface area (Å²) in [6.07, 6.45) is 2.03. The Kier molecular flexibility index (Phi) is 3.29. The molecule has 0 saturated heterocycles. The summed E-state index contributed by atoms with van der Waals surface area (Å²) in [6, 6.07) is 30.6. The summed E-state index contributed by atoms with van der Waals surface area (Å²) >= 11 is 0. The Hall–Kier alpha value is -3.45. The van der Waals surface area contributed by atoms with Crippen LogP contribution in [0.4, 0.5) is 0 Å². The molecule has 0 unspecified atom stereocenters. The van der Waals surface area contributed by atoms with E-state index in [1.54, 1.807) is 0 Å². The molecule has 1 aromatic heterocycles. The van der Waals surface area contributed by atoms with Crippen LogP contribution in [0.5, 0.6) is 0 Å². The summed E-state index contributed by atoms with van der Waals surface area (Å²) in [6.45, 7) is 4.68. The van der Waals surface area contributed by atoms with Crippen LogP contribution in [0.25, 0.3) is 43.9 Å². The number of hydrogen-bond acceptors (Lipinski definition) is 1. The van der Waals surface area contributed by atoms with E-state index in [9.17, 15) is 0 Å². The van der Waals surface area contributed by atoms with E-state index >= 15 is 0 Å². The van der Waals surface area contributed by atoms with E-state index in [1.807, 2.05) is 6.20 Å². The molecule has 0 amide bonds. The molecule has 1 aliphatic carbocycles. The minimum atomic E-state index is -0.120. The summed E-state index contributed by atoms with van der Waals surface area (Å²) < 4.78 is 0. The van der Waals surface area contributed by atoms with Gasteiger partial charge in [0.05, 0.1) is 5.69 Å². The monoisotopic (exact) mass is 371 g/mol. The number of nitrogens with zero attached hydrogens (tertiary/aromatic N) is 1. The summed E-state index contributed by atoms with van der Waals surface area (Å²) in [5, 5.41) is 5.13. The van der Waals surface area contributed by atoms with Crippen LogP contribution in [0.1, 0.15) is 25.0 Å². The van der Waals surface area contributed by atoms with Gasteiger partial charge in [0, 0.05) is 22.6 Å². The maximum absolute atomic E-state index is 4.97. The quantitative estimate of drug-likeness (QED) is 0.300. The summed E-state index contributed by atoms with van der Waals surface area (Å²) in [5.41, 5.74) is 7.47. The van der Waals surface area contributed by atoms with Crippen LogP contribution in [0.15, 0.2) is 91.1 Å². The molecule has 0 N–H and O–H groups in total. The summed E-state index contributed by atoms with van der Waals surface area (Å²) in [4.78, 5) is 4.97. The summed E-state index contributed by atoms with van der Waals surface area (Å²) in [5.74, 6) is 0. The Balaban J connectivity index is 1.74. The maximum Gasteiger partial charge on any atom is 0.0755 e. The predicted molar refractivity (Wildman–Crippen MR) is 122 cm³/mol. The van der Waals surface area contributed by atoms with Gasteiger partial charge in [-0.2, -0.15) is 0 Å². The van der Waals surface area contributed by atoms with E-state index in [0.29, 0.717) is 0 Å². The van der Waals surface area contributed by atoms with Crippen molar-refractivity contribution in [3.63, 3.8) is 0 Å². The fourth-order valence-electron chi connectivity index (χ4n) is 5.05. The van der Waals surface area contributed by atoms with Crippen molar-refractivity contribution in [1.82, 2.24) is 4.98 Å². The van der Waals surface area contributed by atoms with Crippen molar-refractivity contribution in [2.24, 2.45) is 0 Å². The number of pyridine rings is 1. The van der Waals surface area contributed by atoms with Crippen molar-refractivity contribution >= 4 is 21.5 Å². The third kappa shape index (κ3) is 2.25. The Labute approximate surface area is 170 Å². The molecule has 138 valence electrons. The number of hydrogen-bond donors (Lipinski definition) is 0. The Bertz CT molecular complexity index is 1410. The maximum atomic E-state index is 4.97. The molecule has 1 heteroatoms. The third-order valence-electron chi connectivity index (χ3n) is 6.46. The normalized spacial score (nSPS) is 14.1. The Morgan fingerprint density at radius 2 is 1.48 bits per heavy atom. The highest BCUT2D eigenvalue weighted by Crippen LogP contribution is 2.50. The molecule has 6 rings (SSSR count). The lowest BCUT2D eigenvalue weighted by Gasteiger charge is -2.35.